The van der Waals surface area contributed by atoms with Gasteiger partial charge in [0.2, 0.25) is 0 Å². The summed E-state index contributed by atoms with van der Waals surface area (Å²) in [6, 6.07) is 5.14. The molecule has 1 heterocycles. The molecule has 3 nitrogen and oxygen atoms in total. The van der Waals surface area contributed by atoms with Crippen molar-refractivity contribution >= 4 is 23.2 Å². The van der Waals surface area contributed by atoms with E-state index in [2.05, 4.69) is 9.97 Å². The number of fused-ring (bicyclic) bond motifs is 1. The molecule has 18 heavy (non-hydrogen) atoms. The fourth-order valence-electron chi connectivity index (χ4n) is 2.25. The van der Waals surface area contributed by atoms with Gasteiger partial charge < -0.3 is 4.98 Å². The molecule has 0 atom stereocenters. The average molecular weight is 281 g/mol. The van der Waals surface area contributed by atoms with E-state index in [1.807, 2.05) is 0 Å². The number of halogens is 2. The largest absolute Gasteiger partial charge is 0.306 e. The standard InChI is InChI=1S/C13H10Cl2N2O/c14-7-4-5-8(10(15)6-7)12-16-11-3-1-2-9(11)13(18)17-12/h4-6H,1-3H2,(H,16,17,18). The highest BCUT2D eigenvalue weighted by Gasteiger charge is 2.18. The molecule has 1 aromatic heterocycles. The summed E-state index contributed by atoms with van der Waals surface area (Å²) < 4.78 is 0. The maximum atomic E-state index is 11.9. The maximum absolute atomic E-state index is 11.9. The SMILES string of the molecule is O=c1[nH]c(-c2ccc(Cl)cc2Cl)nc2c1CCC2. The quantitative estimate of drug-likeness (QED) is 0.872. The zero-order valence-electron chi connectivity index (χ0n) is 9.46. The van der Waals surface area contributed by atoms with E-state index >= 15 is 0 Å². The third-order valence-electron chi connectivity index (χ3n) is 3.13. The molecule has 0 saturated carbocycles. The summed E-state index contributed by atoms with van der Waals surface area (Å²) in [5.41, 5.74) is 2.34. The number of aromatic nitrogens is 2. The zero-order valence-corrected chi connectivity index (χ0v) is 11.0. The summed E-state index contributed by atoms with van der Waals surface area (Å²) in [5.74, 6) is 0.516. The summed E-state index contributed by atoms with van der Waals surface area (Å²) >= 11 is 12.0. The first-order valence-corrected chi connectivity index (χ1v) is 6.48. The number of hydrogen-bond donors (Lipinski definition) is 1. The molecule has 1 N–H and O–H groups in total. The van der Waals surface area contributed by atoms with Crippen LogP contribution in [0.15, 0.2) is 23.0 Å². The minimum Gasteiger partial charge on any atom is -0.306 e. The molecule has 0 unspecified atom stereocenters. The molecule has 0 bridgehead atoms. The van der Waals surface area contributed by atoms with Crippen LogP contribution in [0.2, 0.25) is 10.0 Å². The molecule has 1 aromatic carbocycles. The van der Waals surface area contributed by atoms with E-state index in [-0.39, 0.29) is 5.56 Å². The van der Waals surface area contributed by atoms with Gasteiger partial charge in [0.25, 0.3) is 5.56 Å². The lowest BCUT2D eigenvalue weighted by atomic mass is 10.2. The molecule has 0 fully saturated rings. The Morgan fingerprint density at radius 3 is 2.83 bits per heavy atom. The highest BCUT2D eigenvalue weighted by molar-refractivity contribution is 6.36. The molecule has 1 aliphatic rings. The molecule has 2 aromatic rings. The van der Waals surface area contributed by atoms with Gasteiger partial charge in [0.05, 0.1) is 10.7 Å². The normalized spacial score (nSPS) is 13.7. The van der Waals surface area contributed by atoms with E-state index < -0.39 is 0 Å². The Morgan fingerprint density at radius 2 is 2.06 bits per heavy atom. The first-order chi connectivity index (χ1) is 8.65. The van der Waals surface area contributed by atoms with Crippen LogP contribution in [0.25, 0.3) is 11.4 Å². The van der Waals surface area contributed by atoms with Crippen molar-refractivity contribution < 1.29 is 0 Å². The van der Waals surface area contributed by atoms with Crippen molar-refractivity contribution in [3.63, 3.8) is 0 Å². The first-order valence-electron chi connectivity index (χ1n) is 5.72. The first kappa shape index (κ1) is 11.8. The lowest BCUT2D eigenvalue weighted by Gasteiger charge is -2.06. The van der Waals surface area contributed by atoms with Crippen LogP contribution in [0.5, 0.6) is 0 Å². The third kappa shape index (κ3) is 1.93. The van der Waals surface area contributed by atoms with Crippen molar-refractivity contribution in [2.45, 2.75) is 19.3 Å². The van der Waals surface area contributed by atoms with E-state index in [1.165, 1.54) is 0 Å². The number of nitrogens with one attached hydrogen (secondary N) is 1. The molecule has 5 heteroatoms. The molecule has 0 radical (unpaired) electrons. The van der Waals surface area contributed by atoms with Crippen LogP contribution in [-0.4, -0.2) is 9.97 Å². The molecular formula is C13H10Cl2N2O. The van der Waals surface area contributed by atoms with Crippen LogP contribution in [0.1, 0.15) is 17.7 Å². The van der Waals surface area contributed by atoms with Crippen LogP contribution in [0.3, 0.4) is 0 Å². The Kier molecular flexibility index (Phi) is 2.88. The molecule has 0 aliphatic heterocycles. The number of rotatable bonds is 1. The van der Waals surface area contributed by atoms with Crippen LogP contribution in [0.4, 0.5) is 0 Å². The molecule has 0 amide bonds. The second-order valence-electron chi connectivity index (χ2n) is 4.32. The number of benzene rings is 1. The lowest BCUT2D eigenvalue weighted by Crippen LogP contribution is -2.15. The Hall–Kier alpha value is -1.32. The predicted molar refractivity (Wildman–Crippen MR) is 72.3 cm³/mol. The van der Waals surface area contributed by atoms with Gasteiger partial charge in [-0.25, -0.2) is 4.98 Å². The number of hydrogen-bond acceptors (Lipinski definition) is 2. The van der Waals surface area contributed by atoms with Crippen molar-refractivity contribution in [2.75, 3.05) is 0 Å². The smallest absolute Gasteiger partial charge is 0.254 e. The van der Waals surface area contributed by atoms with Crippen molar-refractivity contribution in [2.24, 2.45) is 0 Å². The van der Waals surface area contributed by atoms with Gasteiger partial charge in [0, 0.05) is 16.1 Å². The minimum atomic E-state index is -0.0569. The average Bonchev–Trinajstić information content (AvgIpc) is 2.77. The minimum absolute atomic E-state index is 0.0569. The van der Waals surface area contributed by atoms with Gasteiger partial charge in [0.15, 0.2) is 0 Å². The fraction of sp³-hybridized carbons (Fsp3) is 0.231. The molecule has 0 saturated heterocycles. The highest BCUT2D eigenvalue weighted by Crippen LogP contribution is 2.28. The molecule has 92 valence electrons. The Morgan fingerprint density at radius 1 is 1.22 bits per heavy atom. The molecule has 1 aliphatic carbocycles. The third-order valence-corrected chi connectivity index (χ3v) is 3.68. The number of aryl methyl sites for hydroxylation is 1. The van der Waals surface area contributed by atoms with Crippen molar-refractivity contribution in [1.29, 1.82) is 0 Å². The Balaban J connectivity index is 2.18. The summed E-state index contributed by atoms with van der Waals surface area (Å²) in [4.78, 5) is 19.2. The maximum Gasteiger partial charge on any atom is 0.254 e. The van der Waals surface area contributed by atoms with Gasteiger partial charge >= 0.3 is 0 Å². The predicted octanol–water partition coefficient (Wildman–Crippen LogP) is 3.23. The zero-order chi connectivity index (χ0) is 12.7. The Bertz CT molecular complexity index is 679. The van der Waals surface area contributed by atoms with Crippen LogP contribution < -0.4 is 5.56 Å². The summed E-state index contributed by atoms with van der Waals surface area (Å²) in [6.45, 7) is 0. The number of H-pyrrole nitrogens is 1. The summed E-state index contributed by atoms with van der Waals surface area (Å²) in [5, 5.41) is 1.05. The van der Waals surface area contributed by atoms with Gasteiger partial charge in [-0.2, -0.15) is 0 Å². The van der Waals surface area contributed by atoms with Crippen molar-refractivity contribution in [3.8, 4) is 11.4 Å². The second kappa shape index (κ2) is 4.41. The monoisotopic (exact) mass is 280 g/mol. The van der Waals surface area contributed by atoms with Gasteiger partial charge in [0.1, 0.15) is 5.82 Å². The van der Waals surface area contributed by atoms with Gasteiger partial charge in [-0.3, -0.25) is 4.79 Å². The fourth-order valence-corrected chi connectivity index (χ4v) is 2.75. The second-order valence-corrected chi connectivity index (χ2v) is 5.16. The molecular weight excluding hydrogens is 271 g/mol. The van der Waals surface area contributed by atoms with Gasteiger partial charge in [-0.15, -0.1) is 0 Å². The van der Waals surface area contributed by atoms with E-state index in [0.717, 1.165) is 30.5 Å². The van der Waals surface area contributed by atoms with Crippen molar-refractivity contribution in [1.82, 2.24) is 9.97 Å². The van der Waals surface area contributed by atoms with Crippen LogP contribution in [0, 0.1) is 0 Å². The van der Waals surface area contributed by atoms with E-state index in [0.29, 0.717) is 21.4 Å². The highest BCUT2D eigenvalue weighted by atomic mass is 35.5. The number of nitrogens with zero attached hydrogens (tertiary/aromatic N) is 1. The summed E-state index contributed by atoms with van der Waals surface area (Å²) in [6.07, 6.45) is 2.66. The van der Waals surface area contributed by atoms with Crippen LogP contribution in [-0.2, 0) is 12.8 Å². The Labute approximate surface area is 114 Å². The number of aromatic amines is 1. The summed E-state index contributed by atoms with van der Waals surface area (Å²) in [7, 11) is 0. The lowest BCUT2D eigenvalue weighted by molar-refractivity contribution is 0.899. The van der Waals surface area contributed by atoms with E-state index in [4.69, 9.17) is 23.2 Å². The van der Waals surface area contributed by atoms with Gasteiger partial charge in [-0.05, 0) is 37.5 Å². The molecule has 0 spiro atoms. The molecule has 3 rings (SSSR count). The van der Waals surface area contributed by atoms with E-state index in [9.17, 15) is 4.79 Å². The van der Waals surface area contributed by atoms with Crippen LogP contribution >= 0.6 is 23.2 Å². The van der Waals surface area contributed by atoms with E-state index in [1.54, 1.807) is 18.2 Å². The van der Waals surface area contributed by atoms with Gasteiger partial charge in [-0.1, -0.05) is 23.2 Å². The topological polar surface area (TPSA) is 45.8 Å². The van der Waals surface area contributed by atoms with Crippen molar-refractivity contribution in [3.05, 3.63) is 49.9 Å².